The number of amides is 1. The molecular weight excluding hydrogens is 236 g/mol. The lowest BCUT2D eigenvalue weighted by Gasteiger charge is -2.37. The van der Waals surface area contributed by atoms with Crippen LogP contribution in [-0.4, -0.2) is 22.7 Å². The Bertz CT molecular complexity index is 525. The van der Waals surface area contributed by atoms with Gasteiger partial charge in [0.1, 0.15) is 0 Å². The van der Waals surface area contributed by atoms with E-state index in [9.17, 15) is 14.9 Å². The van der Waals surface area contributed by atoms with E-state index in [1.807, 2.05) is 13.8 Å². The van der Waals surface area contributed by atoms with Crippen LogP contribution in [-0.2, 0) is 5.41 Å². The molecule has 2 rings (SSSR count). The molecule has 6 nitrogen and oxygen atoms in total. The first-order chi connectivity index (χ1) is 8.33. The number of rotatable bonds is 1. The molecule has 1 N–H and O–H groups in total. The van der Waals surface area contributed by atoms with Crippen LogP contribution < -0.4 is 4.90 Å². The Morgan fingerprint density at radius 3 is 2.72 bits per heavy atom. The Labute approximate surface area is 104 Å². The van der Waals surface area contributed by atoms with Crippen molar-refractivity contribution in [1.29, 1.82) is 0 Å². The maximum atomic E-state index is 11.2. The zero-order valence-electron chi connectivity index (χ0n) is 10.2. The number of non-ortho nitro benzene ring substituents is 1. The third-order valence-electron chi connectivity index (χ3n) is 3.40. The molecular formula is C12H14N2O4. The van der Waals surface area contributed by atoms with Crippen molar-refractivity contribution in [3.63, 3.8) is 0 Å². The molecule has 1 heterocycles. The van der Waals surface area contributed by atoms with Gasteiger partial charge in [0.15, 0.2) is 0 Å². The Morgan fingerprint density at radius 1 is 1.50 bits per heavy atom. The van der Waals surface area contributed by atoms with Gasteiger partial charge in [-0.25, -0.2) is 4.79 Å². The minimum absolute atomic E-state index is 0.0855. The van der Waals surface area contributed by atoms with Gasteiger partial charge < -0.3 is 5.11 Å². The first-order valence-electron chi connectivity index (χ1n) is 5.62. The lowest BCUT2D eigenvalue weighted by molar-refractivity contribution is -0.384. The summed E-state index contributed by atoms with van der Waals surface area (Å²) in [6.45, 7) is 4.38. The van der Waals surface area contributed by atoms with Crippen molar-refractivity contribution in [2.75, 3.05) is 11.4 Å². The third kappa shape index (κ3) is 1.90. The number of hydrogen-bond donors (Lipinski definition) is 1. The Balaban J connectivity index is 2.60. The molecule has 1 aromatic carbocycles. The fourth-order valence-corrected chi connectivity index (χ4v) is 2.27. The summed E-state index contributed by atoms with van der Waals surface area (Å²) in [5.74, 6) is 0. The topological polar surface area (TPSA) is 83.7 Å². The normalized spacial score (nSPS) is 17.1. The second-order valence-electron chi connectivity index (χ2n) is 5.03. The van der Waals surface area contributed by atoms with Crippen LogP contribution in [0.5, 0.6) is 0 Å². The molecule has 96 valence electrons. The average molecular weight is 250 g/mol. The van der Waals surface area contributed by atoms with Crippen molar-refractivity contribution in [2.45, 2.75) is 25.7 Å². The summed E-state index contributed by atoms with van der Waals surface area (Å²) in [4.78, 5) is 22.6. The number of carbonyl (C=O) groups is 1. The molecule has 0 saturated heterocycles. The minimum atomic E-state index is -1.08. The highest BCUT2D eigenvalue weighted by Gasteiger charge is 2.34. The van der Waals surface area contributed by atoms with Gasteiger partial charge in [-0.1, -0.05) is 13.8 Å². The smallest absolute Gasteiger partial charge is 0.411 e. The van der Waals surface area contributed by atoms with Gasteiger partial charge in [0.2, 0.25) is 0 Å². The molecule has 1 amide bonds. The zero-order chi connectivity index (χ0) is 13.5. The molecule has 1 aliphatic rings. The third-order valence-corrected chi connectivity index (χ3v) is 3.40. The maximum Gasteiger partial charge on any atom is 0.411 e. The van der Waals surface area contributed by atoms with E-state index in [4.69, 9.17) is 5.11 Å². The zero-order valence-corrected chi connectivity index (χ0v) is 10.2. The van der Waals surface area contributed by atoms with Gasteiger partial charge in [-0.05, 0) is 23.5 Å². The molecule has 0 unspecified atom stereocenters. The van der Waals surface area contributed by atoms with Gasteiger partial charge >= 0.3 is 6.09 Å². The quantitative estimate of drug-likeness (QED) is 0.613. The molecule has 0 atom stereocenters. The summed E-state index contributed by atoms with van der Waals surface area (Å²) in [5.41, 5.74) is 1.00. The molecule has 0 bridgehead atoms. The van der Waals surface area contributed by atoms with Crippen molar-refractivity contribution >= 4 is 17.5 Å². The van der Waals surface area contributed by atoms with E-state index >= 15 is 0 Å². The molecule has 0 fully saturated rings. The molecule has 0 aliphatic carbocycles. The Hall–Kier alpha value is -2.11. The highest BCUT2D eigenvalue weighted by molar-refractivity contribution is 5.89. The van der Waals surface area contributed by atoms with E-state index in [0.717, 1.165) is 5.56 Å². The predicted octanol–water partition coefficient (Wildman–Crippen LogP) is 2.76. The van der Waals surface area contributed by atoms with Crippen LogP contribution in [0, 0.1) is 10.1 Å². The van der Waals surface area contributed by atoms with Crippen molar-refractivity contribution in [1.82, 2.24) is 0 Å². The summed E-state index contributed by atoms with van der Waals surface area (Å²) >= 11 is 0. The van der Waals surface area contributed by atoms with E-state index < -0.39 is 11.0 Å². The highest BCUT2D eigenvalue weighted by Crippen LogP contribution is 2.41. The van der Waals surface area contributed by atoms with Crippen molar-refractivity contribution in [3.8, 4) is 0 Å². The van der Waals surface area contributed by atoms with Crippen LogP contribution >= 0.6 is 0 Å². The molecule has 1 aromatic rings. The second kappa shape index (κ2) is 3.97. The minimum Gasteiger partial charge on any atom is -0.465 e. The van der Waals surface area contributed by atoms with Crippen molar-refractivity contribution in [2.24, 2.45) is 0 Å². The molecule has 1 aliphatic heterocycles. The van der Waals surface area contributed by atoms with Gasteiger partial charge in [0.05, 0.1) is 10.6 Å². The summed E-state index contributed by atoms with van der Waals surface area (Å²) in [6, 6.07) is 4.42. The summed E-state index contributed by atoms with van der Waals surface area (Å²) < 4.78 is 0. The number of nitro benzene ring substituents is 1. The summed E-state index contributed by atoms with van der Waals surface area (Å²) in [7, 11) is 0. The van der Waals surface area contributed by atoms with Gasteiger partial charge in [-0.15, -0.1) is 0 Å². The number of carboxylic acid groups (broad SMARTS) is 1. The van der Waals surface area contributed by atoms with E-state index in [-0.39, 0.29) is 11.1 Å². The lowest BCUT2D eigenvalue weighted by Crippen LogP contribution is -2.40. The van der Waals surface area contributed by atoms with E-state index in [1.165, 1.54) is 17.0 Å². The maximum absolute atomic E-state index is 11.2. The van der Waals surface area contributed by atoms with Crippen LogP contribution in [0.15, 0.2) is 18.2 Å². The number of benzene rings is 1. The van der Waals surface area contributed by atoms with Crippen molar-refractivity contribution < 1.29 is 14.8 Å². The monoisotopic (exact) mass is 250 g/mol. The fraction of sp³-hybridized carbons (Fsp3) is 0.417. The Kier molecular flexibility index (Phi) is 2.73. The number of hydrogen-bond acceptors (Lipinski definition) is 3. The van der Waals surface area contributed by atoms with Crippen molar-refractivity contribution in [3.05, 3.63) is 33.9 Å². The van der Waals surface area contributed by atoms with Crippen LogP contribution in [0.2, 0.25) is 0 Å². The SMILES string of the molecule is CC1(C)CCN(C(=O)O)c2cc([N+](=O)[O-])ccc21. The summed E-state index contributed by atoms with van der Waals surface area (Å²) in [5, 5.41) is 19.9. The molecule has 0 spiro atoms. The Morgan fingerprint density at radius 2 is 2.17 bits per heavy atom. The van der Waals surface area contributed by atoms with Crippen LogP contribution in [0.1, 0.15) is 25.8 Å². The highest BCUT2D eigenvalue weighted by atomic mass is 16.6. The standard InChI is InChI=1S/C12H14N2O4/c1-12(2)5-6-13(11(15)16)10-7-8(14(17)18)3-4-9(10)12/h3-4,7H,5-6H2,1-2H3,(H,15,16). The number of nitrogens with zero attached hydrogens (tertiary/aromatic N) is 2. The molecule has 0 radical (unpaired) electrons. The van der Waals surface area contributed by atoms with Crippen LogP contribution in [0.25, 0.3) is 0 Å². The first kappa shape index (κ1) is 12.3. The number of fused-ring (bicyclic) bond motifs is 1. The molecule has 6 heteroatoms. The van der Waals surface area contributed by atoms with Gasteiger partial charge in [-0.3, -0.25) is 15.0 Å². The van der Waals surface area contributed by atoms with Gasteiger partial charge in [0, 0.05) is 18.7 Å². The van der Waals surface area contributed by atoms with Gasteiger partial charge in [0.25, 0.3) is 5.69 Å². The van der Waals surface area contributed by atoms with E-state index in [0.29, 0.717) is 18.7 Å². The van der Waals surface area contributed by atoms with Gasteiger partial charge in [-0.2, -0.15) is 0 Å². The molecule has 0 saturated carbocycles. The average Bonchev–Trinajstić information content (AvgIpc) is 2.27. The van der Waals surface area contributed by atoms with E-state index in [1.54, 1.807) is 6.07 Å². The van der Waals surface area contributed by atoms with Crippen LogP contribution in [0.3, 0.4) is 0 Å². The predicted molar refractivity (Wildman–Crippen MR) is 66.1 cm³/mol. The molecule has 0 aromatic heterocycles. The number of anilines is 1. The second-order valence-corrected chi connectivity index (χ2v) is 5.03. The lowest BCUT2D eigenvalue weighted by atomic mass is 9.77. The summed E-state index contributed by atoms with van der Waals surface area (Å²) in [6.07, 6.45) is -0.378. The molecule has 18 heavy (non-hydrogen) atoms. The van der Waals surface area contributed by atoms with Crippen LogP contribution in [0.4, 0.5) is 16.2 Å². The first-order valence-corrected chi connectivity index (χ1v) is 5.62. The fourth-order valence-electron chi connectivity index (χ4n) is 2.27. The largest absolute Gasteiger partial charge is 0.465 e. The van der Waals surface area contributed by atoms with E-state index in [2.05, 4.69) is 0 Å². The number of nitro groups is 1.